The lowest BCUT2D eigenvalue weighted by molar-refractivity contribution is -0.385. The lowest BCUT2D eigenvalue weighted by Gasteiger charge is -2.17. The molecule has 0 bridgehead atoms. The summed E-state index contributed by atoms with van der Waals surface area (Å²) in [5, 5.41) is 10.9. The first kappa shape index (κ1) is 10.9. The smallest absolute Gasteiger partial charge is 0.273 e. The maximum atomic E-state index is 10.9. The third kappa shape index (κ3) is 1.54. The molecule has 1 aromatic carbocycles. The van der Waals surface area contributed by atoms with Gasteiger partial charge in [-0.15, -0.1) is 0 Å². The van der Waals surface area contributed by atoms with E-state index in [4.69, 9.17) is 4.74 Å². The molecule has 1 aliphatic heterocycles. The Hall–Kier alpha value is -1.58. The SMILES string of the molecule is Cc1c([N+](=O)[O-])cc2c(c1C)OC(C)(C)C2. The first-order valence-corrected chi connectivity index (χ1v) is 5.28. The van der Waals surface area contributed by atoms with Gasteiger partial charge in [0.15, 0.2) is 0 Å². The Bertz CT molecular complexity index is 478. The van der Waals surface area contributed by atoms with Gasteiger partial charge in [-0.25, -0.2) is 0 Å². The number of nitro benzene ring substituents is 1. The van der Waals surface area contributed by atoms with Crippen molar-refractivity contribution in [2.75, 3.05) is 0 Å². The van der Waals surface area contributed by atoms with Crippen LogP contribution in [0.4, 0.5) is 5.69 Å². The number of nitrogens with zero attached hydrogens (tertiary/aromatic N) is 1. The zero-order valence-corrected chi connectivity index (χ0v) is 9.96. The largest absolute Gasteiger partial charge is 0.487 e. The summed E-state index contributed by atoms with van der Waals surface area (Å²) in [4.78, 5) is 10.6. The van der Waals surface area contributed by atoms with Crippen LogP contribution in [0, 0.1) is 24.0 Å². The van der Waals surface area contributed by atoms with Gasteiger partial charge in [0.2, 0.25) is 0 Å². The van der Waals surface area contributed by atoms with Gasteiger partial charge in [-0.1, -0.05) is 0 Å². The number of fused-ring (bicyclic) bond motifs is 1. The first-order valence-electron chi connectivity index (χ1n) is 5.28. The maximum absolute atomic E-state index is 10.9. The maximum Gasteiger partial charge on any atom is 0.273 e. The lowest BCUT2D eigenvalue weighted by Crippen LogP contribution is -2.24. The van der Waals surface area contributed by atoms with Crippen molar-refractivity contribution in [3.63, 3.8) is 0 Å². The van der Waals surface area contributed by atoms with Crippen LogP contribution in [0.1, 0.15) is 30.5 Å². The Morgan fingerprint density at radius 2 is 2.00 bits per heavy atom. The summed E-state index contributed by atoms with van der Waals surface area (Å²) >= 11 is 0. The molecule has 1 aliphatic rings. The zero-order chi connectivity index (χ0) is 12.1. The van der Waals surface area contributed by atoms with Crippen molar-refractivity contribution >= 4 is 5.69 Å². The van der Waals surface area contributed by atoms with Crippen LogP contribution < -0.4 is 4.74 Å². The van der Waals surface area contributed by atoms with E-state index < -0.39 is 0 Å². The minimum atomic E-state index is -0.325. The summed E-state index contributed by atoms with van der Waals surface area (Å²) in [5.74, 6) is 0.827. The van der Waals surface area contributed by atoms with Crippen LogP contribution in [-0.4, -0.2) is 10.5 Å². The van der Waals surface area contributed by atoms with Crippen molar-refractivity contribution in [3.05, 3.63) is 32.9 Å². The lowest BCUT2D eigenvalue weighted by atomic mass is 9.97. The zero-order valence-electron chi connectivity index (χ0n) is 9.96. The van der Waals surface area contributed by atoms with E-state index in [0.717, 1.165) is 23.3 Å². The van der Waals surface area contributed by atoms with Gasteiger partial charge in [-0.2, -0.15) is 0 Å². The standard InChI is InChI=1S/C12H15NO3/c1-7-8(2)11-9(5-10(7)13(14)15)6-12(3,4)16-11/h5H,6H2,1-4H3. The highest BCUT2D eigenvalue weighted by Crippen LogP contribution is 2.41. The quantitative estimate of drug-likeness (QED) is 0.541. The first-order chi connectivity index (χ1) is 7.32. The third-order valence-corrected chi connectivity index (χ3v) is 3.08. The number of rotatable bonds is 1. The summed E-state index contributed by atoms with van der Waals surface area (Å²) in [7, 11) is 0. The van der Waals surface area contributed by atoms with Gasteiger partial charge in [0, 0.05) is 29.2 Å². The van der Waals surface area contributed by atoms with Crippen molar-refractivity contribution in [2.45, 2.75) is 39.7 Å². The van der Waals surface area contributed by atoms with Gasteiger partial charge in [-0.05, 0) is 27.7 Å². The summed E-state index contributed by atoms with van der Waals surface area (Å²) in [6.45, 7) is 7.63. The van der Waals surface area contributed by atoms with Crippen LogP contribution in [0.5, 0.6) is 5.75 Å². The molecule has 0 spiro atoms. The Morgan fingerprint density at radius 1 is 1.38 bits per heavy atom. The van der Waals surface area contributed by atoms with Gasteiger partial charge in [0.1, 0.15) is 11.4 Å². The number of benzene rings is 1. The Labute approximate surface area is 94.4 Å². The molecule has 0 radical (unpaired) electrons. The van der Waals surface area contributed by atoms with Gasteiger partial charge in [0.25, 0.3) is 5.69 Å². The Kier molecular flexibility index (Phi) is 2.19. The van der Waals surface area contributed by atoms with Gasteiger partial charge < -0.3 is 4.74 Å². The van der Waals surface area contributed by atoms with E-state index in [9.17, 15) is 10.1 Å². The Morgan fingerprint density at radius 3 is 2.56 bits per heavy atom. The molecule has 1 heterocycles. The molecule has 4 heteroatoms. The molecule has 0 fully saturated rings. The molecule has 0 aromatic heterocycles. The molecule has 0 unspecified atom stereocenters. The topological polar surface area (TPSA) is 52.4 Å². The third-order valence-electron chi connectivity index (χ3n) is 3.08. The molecule has 0 saturated heterocycles. The highest BCUT2D eigenvalue weighted by molar-refractivity contribution is 5.57. The number of hydrogen-bond acceptors (Lipinski definition) is 3. The monoisotopic (exact) mass is 221 g/mol. The molecule has 1 aromatic rings. The number of nitro groups is 1. The predicted molar refractivity (Wildman–Crippen MR) is 61.0 cm³/mol. The fraction of sp³-hybridized carbons (Fsp3) is 0.500. The average molecular weight is 221 g/mol. The van der Waals surface area contributed by atoms with E-state index in [1.54, 1.807) is 13.0 Å². The van der Waals surface area contributed by atoms with E-state index in [1.807, 2.05) is 20.8 Å². The second-order valence-corrected chi connectivity index (χ2v) is 4.93. The van der Waals surface area contributed by atoms with Crippen molar-refractivity contribution in [3.8, 4) is 5.75 Å². The Balaban J connectivity index is 2.62. The van der Waals surface area contributed by atoms with Crippen molar-refractivity contribution < 1.29 is 9.66 Å². The van der Waals surface area contributed by atoms with Crippen molar-refractivity contribution in [2.24, 2.45) is 0 Å². The molecule has 2 rings (SSSR count). The molecular formula is C12H15NO3. The highest BCUT2D eigenvalue weighted by Gasteiger charge is 2.34. The molecular weight excluding hydrogens is 206 g/mol. The fourth-order valence-corrected chi connectivity index (χ4v) is 2.18. The van der Waals surface area contributed by atoms with E-state index in [-0.39, 0.29) is 16.2 Å². The van der Waals surface area contributed by atoms with Crippen LogP contribution >= 0.6 is 0 Å². The van der Waals surface area contributed by atoms with Gasteiger partial charge >= 0.3 is 0 Å². The molecule has 86 valence electrons. The summed E-state index contributed by atoms with van der Waals surface area (Å²) < 4.78 is 5.82. The van der Waals surface area contributed by atoms with E-state index in [2.05, 4.69) is 0 Å². The molecule has 0 aliphatic carbocycles. The van der Waals surface area contributed by atoms with E-state index in [1.165, 1.54) is 0 Å². The second-order valence-electron chi connectivity index (χ2n) is 4.93. The second kappa shape index (κ2) is 3.20. The van der Waals surface area contributed by atoms with E-state index >= 15 is 0 Å². The highest BCUT2D eigenvalue weighted by atomic mass is 16.6. The van der Waals surface area contributed by atoms with Crippen LogP contribution in [0.3, 0.4) is 0 Å². The average Bonchev–Trinajstić information content (AvgIpc) is 2.46. The normalized spacial score (nSPS) is 16.8. The minimum absolute atomic E-state index is 0.192. The molecule has 0 N–H and O–H groups in total. The number of ether oxygens (including phenoxy) is 1. The summed E-state index contributed by atoms with van der Waals surface area (Å²) in [6.07, 6.45) is 0.726. The van der Waals surface area contributed by atoms with Crippen LogP contribution in [0.25, 0.3) is 0 Å². The van der Waals surface area contributed by atoms with Gasteiger partial charge in [0.05, 0.1) is 4.92 Å². The van der Waals surface area contributed by atoms with Gasteiger partial charge in [-0.3, -0.25) is 10.1 Å². The summed E-state index contributed by atoms with van der Waals surface area (Å²) in [6, 6.07) is 1.65. The fourth-order valence-electron chi connectivity index (χ4n) is 2.18. The molecule has 0 saturated carbocycles. The molecule has 4 nitrogen and oxygen atoms in total. The number of hydrogen-bond donors (Lipinski definition) is 0. The molecule has 16 heavy (non-hydrogen) atoms. The molecule has 0 atom stereocenters. The van der Waals surface area contributed by atoms with Crippen molar-refractivity contribution in [1.82, 2.24) is 0 Å². The van der Waals surface area contributed by atoms with Crippen LogP contribution in [-0.2, 0) is 6.42 Å². The summed E-state index contributed by atoms with van der Waals surface area (Å²) in [5.41, 5.74) is 2.46. The predicted octanol–water partition coefficient (Wildman–Crippen LogP) is 2.93. The van der Waals surface area contributed by atoms with E-state index in [0.29, 0.717) is 5.56 Å². The molecule has 0 amide bonds. The van der Waals surface area contributed by atoms with Crippen LogP contribution in [0.15, 0.2) is 6.07 Å². The van der Waals surface area contributed by atoms with Crippen molar-refractivity contribution in [1.29, 1.82) is 0 Å². The van der Waals surface area contributed by atoms with Crippen LogP contribution in [0.2, 0.25) is 0 Å². The minimum Gasteiger partial charge on any atom is -0.487 e.